The molecule has 108 valence electrons. The monoisotopic (exact) mass is 280 g/mol. The zero-order valence-corrected chi connectivity index (χ0v) is 11.2. The van der Waals surface area contributed by atoms with Crippen molar-refractivity contribution in [2.45, 2.75) is 25.9 Å². The van der Waals surface area contributed by atoms with Gasteiger partial charge in [0.25, 0.3) is 0 Å². The number of hydrogen-bond donors (Lipinski definition) is 2. The number of rotatable bonds is 3. The molecular formula is C14H17FN2O3. The molecule has 1 aliphatic heterocycles. The number of amides is 2. The normalized spacial score (nSPS) is 17.8. The highest BCUT2D eigenvalue weighted by Gasteiger charge is 2.19. The average Bonchev–Trinajstić information content (AvgIpc) is 2.93. The van der Waals surface area contributed by atoms with Crippen LogP contribution in [0.3, 0.4) is 0 Å². The fourth-order valence-corrected chi connectivity index (χ4v) is 1.95. The SMILES string of the molecule is Cc1ccc(NC(=O)C(=O)NC[C@H]2CCCO2)cc1F. The number of halogens is 1. The summed E-state index contributed by atoms with van der Waals surface area (Å²) < 4.78 is 18.6. The second-order valence-corrected chi connectivity index (χ2v) is 4.76. The van der Waals surface area contributed by atoms with Gasteiger partial charge in [0.15, 0.2) is 0 Å². The number of carbonyl (C=O) groups is 2. The van der Waals surface area contributed by atoms with Gasteiger partial charge in [-0.05, 0) is 37.5 Å². The number of carbonyl (C=O) groups excluding carboxylic acids is 2. The van der Waals surface area contributed by atoms with Crippen molar-refractivity contribution in [3.05, 3.63) is 29.6 Å². The molecule has 1 aromatic rings. The number of hydrogen-bond acceptors (Lipinski definition) is 3. The molecule has 1 atom stereocenters. The molecule has 0 radical (unpaired) electrons. The predicted molar refractivity (Wildman–Crippen MR) is 71.8 cm³/mol. The van der Waals surface area contributed by atoms with Crippen LogP contribution >= 0.6 is 0 Å². The van der Waals surface area contributed by atoms with Crippen molar-refractivity contribution < 1.29 is 18.7 Å². The summed E-state index contributed by atoms with van der Waals surface area (Å²) in [5.74, 6) is -1.99. The summed E-state index contributed by atoms with van der Waals surface area (Å²) >= 11 is 0. The van der Waals surface area contributed by atoms with E-state index in [1.54, 1.807) is 13.0 Å². The summed E-state index contributed by atoms with van der Waals surface area (Å²) in [5.41, 5.74) is 0.733. The second kappa shape index (κ2) is 6.47. The highest BCUT2D eigenvalue weighted by atomic mass is 19.1. The Morgan fingerprint density at radius 2 is 2.20 bits per heavy atom. The van der Waals surface area contributed by atoms with E-state index >= 15 is 0 Å². The van der Waals surface area contributed by atoms with E-state index in [-0.39, 0.29) is 11.8 Å². The minimum absolute atomic E-state index is 0.0245. The van der Waals surface area contributed by atoms with Crippen LogP contribution in [0.1, 0.15) is 18.4 Å². The fourth-order valence-electron chi connectivity index (χ4n) is 1.95. The smallest absolute Gasteiger partial charge is 0.313 e. The first-order valence-corrected chi connectivity index (χ1v) is 6.53. The topological polar surface area (TPSA) is 67.4 Å². The van der Waals surface area contributed by atoms with Gasteiger partial charge >= 0.3 is 11.8 Å². The fraction of sp³-hybridized carbons (Fsp3) is 0.429. The number of anilines is 1. The molecule has 1 aliphatic rings. The zero-order chi connectivity index (χ0) is 14.5. The Hall–Kier alpha value is -1.95. The van der Waals surface area contributed by atoms with Crippen LogP contribution in [-0.2, 0) is 14.3 Å². The number of ether oxygens (including phenoxy) is 1. The van der Waals surface area contributed by atoms with E-state index in [0.29, 0.717) is 18.7 Å². The van der Waals surface area contributed by atoms with E-state index < -0.39 is 17.6 Å². The van der Waals surface area contributed by atoms with E-state index in [2.05, 4.69) is 10.6 Å². The van der Waals surface area contributed by atoms with Crippen molar-refractivity contribution >= 4 is 17.5 Å². The van der Waals surface area contributed by atoms with E-state index in [1.165, 1.54) is 12.1 Å². The van der Waals surface area contributed by atoms with E-state index in [1.807, 2.05) is 0 Å². The molecule has 1 saturated heterocycles. The van der Waals surface area contributed by atoms with Crippen LogP contribution < -0.4 is 10.6 Å². The molecule has 0 saturated carbocycles. The first-order valence-electron chi connectivity index (χ1n) is 6.53. The predicted octanol–water partition coefficient (Wildman–Crippen LogP) is 1.37. The lowest BCUT2D eigenvalue weighted by Crippen LogP contribution is -2.39. The quantitative estimate of drug-likeness (QED) is 0.822. The van der Waals surface area contributed by atoms with Crippen molar-refractivity contribution in [1.29, 1.82) is 0 Å². The highest BCUT2D eigenvalue weighted by molar-refractivity contribution is 6.39. The standard InChI is InChI=1S/C14H17FN2O3/c1-9-4-5-10(7-12(9)15)17-14(19)13(18)16-8-11-3-2-6-20-11/h4-5,7,11H,2-3,6,8H2,1H3,(H,16,18)(H,17,19)/t11-/m1/s1. The lowest BCUT2D eigenvalue weighted by atomic mass is 10.2. The first kappa shape index (κ1) is 14.5. The third-order valence-corrected chi connectivity index (χ3v) is 3.15. The van der Waals surface area contributed by atoms with Crippen LogP contribution in [0.15, 0.2) is 18.2 Å². The van der Waals surface area contributed by atoms with Crippen LogP contribution in [-0.4, -0.2) is 31.1 Å². The summed E-state index contributed by atoms with van der Waals surface area (Å²) in [4.78, 5) is 23.2. The zero-order valence-electron chi connectivity index (χ0n) is 11.2. The Balaban J connectivity index is 1.83. The summed E-state index contributed by atoms with van der Waals surface area (Å²) in [7, 11) is 0. The molecule has 2 rings (SSSR count). The van der Waals surface area contributed by atoms with Crippen molar-refractivity contribution in [2.24, 2.45) is 0 Å². The molecule has 1 heterocycles. The Labute approximate surface area is 116 Å². The maximum absolute atomic E-state index is 13.3. The van der Waals surface area contributed by atoms with Crippen molar-refractivity contribution in [1.82, 2.24) is 5.32 Å². The minimum atomic E-state index is -0.814. The summed E-state index contributed by atoms with van der Waals surface area (Å²) in [5, 5.41) is 4.85. The molecular weight excluding hydrogens is 263 g/mol. The van der Waals surface area contributed by atoms with Crippen molar-refractivity contribution in [3.8, 4) is 0 Å². The molecule has 6 heteroatoms. The molecule has 0 bridgehead atoms. The molecule has 1 fully saturated rings. The Bertz CT molecular complexity index is 513. The third-order valence-electron chi connectivity index (χ3n) is 3.15. The van der Waals surface area contributed by atoms with Crippen molar-refractivity contribution in [2.75, 3.05) is 18.5 Å². The maximum atomic E-state index is 13.3. The van der Waals surface area contributed by atoms with Gasteiger partial charge in [-0.1, -0.05) is 6.07 Å². The molecule has 2 amide bonds. The van der Waals surface area contributed by atoms with Crippen LogP contribution in [0.5, 0.6) is 0 Å². The molecule has 0 unspecified atom stereocenters. The van der Waals surface area contributed by atoms with Crippen LogP contribution in [0.4, 0.5) is 10.1 Å². The summed E-state index contributed by atoms with van der Waals surface area (Å²) in [6.45, 7) is 2.62. The van der Waals surface area contributed by atoms with Gasteiger partial charge in [-0.2, -0.15) is 0 Å². The molecule has 5 nitrogen and oxygen atoms in total. The second-order valence-electron chi connectivity index (χ2n) is 4.76. The van der Waals surface area contributed by atoms with Crippen LogP contribution in [0, 0.1) is 12.7 Å². The van der Waals surface area contributed by atoms with E-state index in [4.69, 9.17) is 4.74 Å². The lowest BCUT2D eigenvalue weighted by Gasteiger charge is -2.11. The van der Waals surface area contributed by atoms with Gasteiger partial charge in [-0.3, -0.25) is 9.59 Å². The molecule has 0 aromatic heterocycles. The van der Waals surface area contributed by atoms with Gasteiger partial charge < -0.3 is 15.4 Å². The van der Waals surface area contributed by atoms with E-state index in [9.17, 15) is 14.0 Å². The number of nitrogens with one attached hydrogen (secondary N) is 2. The molecule has 1 aromatic carbocycles. The first-order chi connectivity index (χ1) is 9.56. The Kier molecular flexibility index (Phi) is 4.68. The van der Waals surface area contributed by atoms with Crippen LogP contribution in [0.25, 0.3) is 0 Å². The summed E-state index contributed by atoms with van der Waals surface area (Å²) in [6.07, 6.45) is 1.82. The Morgan fingerprint density at radius 3 is 2.85 bits per heavy atom. The van der Waals surface area contributed by atoms with Gasteiger partial charge in [0.2, 0.25) is 0 Å². The van der Waals surface area contributed by atoms with Gasteiger partial charge in [0.05, 0.1) is 6.10 Å². The van der Waals surface area contributed by atoms with E-state index in [0.717, 1.165) is 12.8 Å². The third kappa shape index (κ3) is 3.77. The average molecular weight is 280 g/mol. The van der Waals surface area contributed by atoms with Crippen LogP contribution in [0.2, 0.25) is 0 Å². The lowest BCUT2D eigenvalue weighted by molar-refractivity contribution is -0.136. The van der Waals surface area contributed by atoms with Gasteiger partial charge in [0, 0.05) is 18.8 Å². The molecule has 2 N–H and O–H groups in total. The Morgan fingerprint density at radius 1 is 1.40 bits per heavy atom. The van der Waals surface area contributed by atoms with Crippen molar-refractivity contribution in [3.63, 3.8) is 0 Å². The highest BCUT2D eigenvalue weighted by Crippen LogP contribution is 2.13. The van der Waals surface area contributed by atoms with Gasteiger partial charge in [-0.15, -0.1) is 0 Å². The maximum Gasteiger partial charge on any atom is 0.313 e. The van der Waals surface area contributed by atoms with Gasteiger partial charge in [0.1, 0.15) is 5.82 Å². The molecule has 0 spiro atoms. The van der Waals surface area contributed by atoms with Gasteiger partial charge in [-0.25, -0.2) is 4.39 Å². The largest absolute Gasteiger partial charge is 0.376 e. The minimum Gasteiger partial charge on any atom is -0.376 e. The summed E-state index contributed by atoms with van der Waals surface area (Å²) in [6, 6.07) is 4.26. The molecule has 0 aliphatic carbocycles. The molecule has 20 heavy (non-hydrogen) atoms. The number of aryl methyl sites for hydroxylation is 1. The number of benzene rings is 1.